The number of pyridine rings is 1. The zero-order valence-corrected chi connectivity index (χ0v) is 13.2. The van der Waals surface area contributed by atoms with Crippen molar-refractivity contribution in [1.82, 2.24) is 9.55 Å². The van der Waals surface area contributed by atoms with Crippen molar-refractivity contribution < 1.29 is 0 Å². The van der Waals surface area contributed by atoms with Crippen LogP contribution in [0.3, 0.4) is 0 Å². The lowest BCUT2D eigenvalue weighted by Gasteiger charge is -2.20. The number of fused-ring (bicyclic) bond motifs is 1. The molecule has 2 heterocycles. The summed E-state index contributed by atoms with van der Waals surface area (Å²) in [6.45, 7) is 9.97. The molecular weight excluding hydrogens is 256 g/mol. The van der Waals surface area contributed by atoms with Crippen LogP contribution in [-0.4, -0.2) is 9.55 Å². The van der Waals surface area contributed by atoms with E-state index in [-0.39, 0.29) is 5.41 Å². The van der Waals surface area contributed by atoms with E-state index in [1.165, 1.54) is 27.7 Å². The molecule has 2 heteroatoms. The number of hydrogen-bond acceptors (Lipinski definition) is 1. The fraction of sp³-hybridized carbons (Fsp3) is 0.316. The molecule has 3 aromatic rings. The van der Waals surface area contributed by atoms with Gasteiger partial charge in [-0.05, 0) is 35.6 Å². The van der Waals surface area contributed by atoms with Crippen molar-refractivity contribution >= 4 is 10.9 Å². The van der Waals surface area contributed by atoms with Crippen molar-refractivity contribution in [3.8, 4) is 0 Å². The van der Waals surface area contributed by atoms with Gasteiger partial charge >= 0.3 is 0 Å². The Bertz CT molecular complexity index is 761. The lowest BCUT2D eigenvalue weighted by Crippen LogP contribution is -2.13. The van der Waals surface area contributed by atoms with Gasteiger partial charge in [0.05, 0.1) is 0 Å². The number of para-hydroxylation sites is 1. The Hall–Kier alpha value is -2.09. The van der Waals surface area contributed by atoms with Gasteiger partial charge in [-0.25, -0.2) is 0 Å². The molecule has 21 heavy (non-hydrogen) atoms. The normalized spacial score (nSPS) is 12.0. The predicted octanol–water partition coefficient (Wildman–Crippen LogP) is 4.69. The molecule has 0 aliphatic carbocycles. The maximum absolute atomic E-state index is 4.23. The summed E-state index contributed by atoms with van der Waals surface area (Å²) in [5.41, 5.74) is 5.49. The Labute approximate surface area is 126 Å². The molecule has 2 aromatic heterocycles. The average Bonchev–Trinajstić information content (AvgIpc) is 2.73. The fourth-order valence-corrected chi connectivity index (χ4v) is 3.26. The molecule has 108 valence electrons. The Balaban J connectivity index is 2.21. The lowest BCUT2D eigenvalue weighted by atomic mass is 9.85. The van der Waals surface area contributed by atoms with Crippen LogP contribution in [-0.2, 0) is 12.0 Å². The second kappa shape index (κ2) is 5.03. The molecule has 0 N–H and O–H groups in total. The first kappa shape index (κ1) is 13.9. The third-order valence-electron chi connectivity index (χ3n) is 4.04. The average molecular weight is 278 g/mol. The number of benzene rings is 1. The second-order valence-corrected chi connectivity index (χ2v) is 6.67. The highest BCUT2D eigenvalue weighted by atomic mass is 15.0. The SMILES string of the molecule is Cc1c(C(C)(C)C)c2ccccc2n1Cc1cccnc1. The van der Waals surface area contributed by atoms with Crippen LogP contribution in [0, 0.1) is 6.92 Å². The van der Waals surface area contributed by atoms with Crippen LogP contribution < -0.4 is 0 Å². The van der Waals surface area contributed by atoms with Gasteiger partial charge in [-0.3, -0.25) is 4.98 Å². The van der Waals surface area contributed by atoms with Crippen molar-refractivity contribution in [2.24, 2.45) is 0 Å². The van der Waals surface area contributed by atoms with E-state index in [4.69, 9.17) is 0 Å². The standard InChI is InChI=1S/C19H22N2/c1-14-18(19(2,3)4)16-9-5-6-10-17(16)21(14)13-15-8-7-11-20-12-15/h5-12H,13H2,1-4H3. The van der Waals surface area contributed by atoms with E-state index < -0.39 is 0 Å². The molecule has 3 rings (SSSR count). The Kier molecular flexibility index (Phi) is 3.32. The van der Waals surface area contributed by atoms with E-state index in [0.29, 0.717) is 0 Å². The molecule has 0 atom stereocenters. The molecule has 0 bridgehead atoms. The molecule has 0 amide bonds. The van der Waals surface area contributed by atoms with Crippen LogP contribution in [0.5, 0.6) is 0 Å². The quantitative estimate of drug-likeness (QED) is 0.665. The first-order valence-corrected chi connectivity index (χ1v) is 7.45. The van der Waals surface area contributed by atoms with E-state index in [2.05, 4.69) is 67.6 Å². The maximum Gasteiger partial charge on any atom is 0.0494 e. The highest BCUT2D eigenvalue weighted by Gasteiger charge is 2.23. The molecule has 0 saturated heterocycles. The molecule has 0 unspecified atom stereocenters. The van der Waals surface area contributed by atoms with E-state index in [1.54, 1.807) is 0 Å². The minimum atomic E-state index is 0.143. The number of rotatable bonds is 2. The third kappa shape index (κ3) is 2.46. The number of aromatic nitrogens is 2. The van der Waals surface area contributed by atoms with Crippen molar-refractivity contribution in [2.45, 2.75) is 39.7 Å². The lowest BCUT2D eigenvalue weighted by molar-refractivity contribution is 0.585. The summed E-state index contributed by atoms with van der Waals surface area (Å²) in [5, 5.41) is 1.37. The first-order chi connectivity index (χ1) is 9.98. The van der Waals surface area contributed by atoms with Crippen molar-refractivity contribution in [2.75, 3.05) is 0 Å². The van der Waals surface area contributed by atoms with Crippen LogP contribution in [0.1, 0.15) is 37.6 Å². The number of nitrogens with zero attached hydrogens (tertiary/aromatic N) is 2. The second-order valence-electron chi connectivity index (χ2n) is 6.67. The summed E-state index contributed by atoms with van der Waals surface area (Å²) in [7, 11) is 0. The van der Waals surface area contributed by atoms with Gasteiger partial charge in [-0.15, -0.1) is 0 Å². The highest BCUT2D eigenvalue weighted by Crippen LogP contribution is 2.35. The largest absolute Gasteiger partial charge is 0.340 e. The smallest absolute Gasteiger partial charge is 0.0494 e. The van der Waals surface area contributed by atoms with E-state index in [1.807, 2.05) is 18.5 Å². The van der Waals surface area contributed by atoms with Gasteiger partial charge in [0.15, 0.2) is 0 Å². The Morgan fingerprint density at radius 1 is 1.05 bits per heavy atom. The maximum atomic E-state index is 4.23. The van der Waals surface area contributed by atoms with Crippen LogP contribution in [0.25, 0.3) is 10.9 Å². The zero-order chi connectivity index (χ0) is 15.0. The van der Waals surface area contributed by atoms with Gasteiger partial charge in [0.2, 0.25) is 0 Å². The van der Waals surface area contributed by atoms with Gasteiger partial charge in [0.25, 0.3) is 0 Å². The summed E-state index contributed by atoms with van der Waals surface area (Å²) in [4.78, 5) is 4.23. The molecule has 2 nitrogen and oxygen atoms in total. The first-order valence-electron chi connectivity index (χ1n) is 7.45. The molecule has 0 aliphatic rings. The van der Waals surface area contributed by atoms with Crippen LogP contribution in [0.15, 0.2) is 48.8 Å². The summed E-state index contributed by atoms with van der Waals surface area (Å²) in [5.74, 6) is 0. The zero-order valence-electron chi connectivity index (χ0n) is 13.2. The fourth-order valence-electron chi connectivity index (χ4n) is 3.26. The van der Waals surface area contributed by atoms with Crippen LogP contribution in [0.2, 0.25) is 0 Å². The summed E-state index contributed by atoms with van der Waals surface area (Å²) in [6.07, 6.45) is 3.77. The van der Waals surface area contributed by atoms with Gasteiger partial charge in [0, 0.05) is 35.5 Å². The number of hydrogen-bond donors (Lipinski definition) is 0. The molecule has 0 radical (unpaired) electrons. The summed E-state index contributed by atoms with van der Waals surface area (Å²) >= 11 is 0. The molecule has 0 fully saturated rings. The molecule has 0 saturated carbocycles. The van der Waals surface area contributed by atoms with E-state index in [9.17, 15) is 0 Å². The van der Waals surface area contributed by atoms with E-state index >= 15 is 0 Å². The Morgan fingerprint density at radius 3 is 2.48 bits per heavy atom. The van der Waals surface area contributed by atoms with Crippen molar-refractivity contribution in [3.05, 3.63) is 65.6 Å². The topological polar surface area (TPSA) is 17.8 Å². The monoisotopic (exact) mass is 278 g/mol. The van der Waals surface area contributed by atoms with E-state index in [0.717, 1.165) is 6.54 Å². The van der Waals surface area contributed by atoms with Gasteiger partial charge < -0.3 is 4.57 Å². The highest BCUT2D eigenvalue weighted by molar-refractivity contribution is 5.86. The predicted molar refractivity (Wildman–Crippen MR) is 88.7 cm³/mol. The van der Waals surface area contributed by atoms with Crippen molar-refractivity contribution in [3.63, 3.8) is 0 Å². The van der Waals surface area contributed by atoms with Crippen LogP contribution >= 0.6 is 0 Å². The van der Waals surface area contributed by atoms with Gasteiger partial charge in [-0.1, -0.05) is 45.0 Å². The molecule has 0 aliphatic heterocycles. The summed E-state index contributed by atoms with van der Waals surface area (Å²) in [6, 6.07) is 12.8. The minimum Gasteiger partial charge on any atom is -0.340 e. The van der Waals surface area contributed by atoms with Crippen molar-refractivity contribution in [1.29, 1.82) is 0 Å². The molecule has 1 aromatic carbocycles. The van der Waals surface area contributed by atoms with Gasteiger partial charge in [0.1, 0.15) is 0 Å². The van der Waals surface area contributed by atoms with Crippen LogP contribution in [0.4, 0.5) is 0 Å². The molecule has 0 spiro atoms. The summed E-state index contributed by atoms with van der Waals surface area (Å²) < 4.78 is 2.41. The molecular formula is C19H22N2. The van der Waals surface area contributed by atoms with Gasteiger partial charge in [-0.2, -0.15) is 0 Å². The minimum absolute atomic E-state index is 0.143. The Morgan fingerprint density at radius 2 is 1.81 bits per heavy atom. The third-order valence-corrected chi connectivity index (χ3v) is 4.04.